The topological polar surface area (TPSA) is 77.2 Å². The lowest BCUT2D eigenvalue weighted by molar-refractivity contribution is -0.110. The minimum absolute atomic E-state index is 0.132. The van der Waals surface area contributed by atoms with E-state index in [-0.39, 0.29) is 25.2 Å². The zero-order valence-electron chi connectivity index (χ0n) is 7.44. The molecule has 0 heterocycles. The van der Waals surface area contributed by atoms with Crippen LogP contribution < -0.4 is 5.73 Å². The predicted molar refractivity (Wildman–Crippen MR) is 47.8 cm³/mol. The molecule has 2 N–H and O–H groups in total. The van der Waals surface area contributed by atoms with Crippen molar-refractivity contribution in [1.29, 1.82) is 0 Å². The molecule has 0 aliphatic carbocycles. The monoisotopic (exact) mass is 184 g/mol. The molecule has 1 atom stereocenters. The van der Waals surface area contributed by atoms with E-state index in [1.54, 1.807) is 0 Å². The van der Waals surface area contributed by atoms with E-state index in [0.717, 1.165) is 24.8 Å². The molecule has 0 spiro atoms. The normalized spacial score (nSPS) is 12.5. The summed E-state index contributed by atoms with van der Waals surface area (Å²) in [6, 6.07) is 0. The molecule has 4 nitrogen and oxygen atoms in total. The highest BCUT2D eigenvalue weighted by molar-refractivity contribution is 5.60. The van der Waals surface area contributed by atoms with Crippen LogP contribution in [0.4, 0.5) is 0 Å². The van der Waals surface area contributed by atoms with Crippen LogP contribution in [0.2, 0.25) is 0 Å². The predicted octanol–water partition coefficient (Wildman–Crippen LogP) is -0.0972. The molecule has 0 fully saturated rings. The number of carbonyl (C=O) groups is 3. The largest absolute Gasteiger partial charge is 0.330 e. The fourth-order valence-corrected chi connectivity index (χ4v) is 1.18. The minimum atomic E-state index is -0.132. The van der Waals surface area contributed by atoms with Gasteiger partial charge >= 0.3 is 0 Å². The van der Waals surface area contributed by atoms with Crippen molar-refractivity contribution in [3.05, 3.63) is 5.92 Å². The number of hydrogen-bond donors (Lipinski definition) is 1. The first-order valence-corrected chi connectivity index (χ1v) is 4.15. The van der Waals surface area contributed by atoms with Gasteiger partial charge in [-0.1, -0.05) is 0 Å². The fourth-order valence-electron chi connectivity index (χ4n) is 1.18. The highest BCUT2D eigenvalue weighted by Crippen LogP contribution is 2.21. The van der Waals surface area contributed by atoms with Crippen LogP contribution in [0.1, 0.15) is 19.3 Å². The quantitative estimate of drug-likeness (QED) is 0.534. The fraction of sp³-hybridized carbons (Fsp3) is 0.556. The van der Waals surface area contributed by atoms with Crippen LogP contribution in [0.5, 0.6) is 0 Å². The molecule has 73 valence electrons. The highest BCUT2D eigenvalue weighted by Gasteiger charge is 2.19. The zero-order chi connectivity index (χ0) is 10.1. The smallest absolute Gasteiger partial charge is 0.120 e. The zero-order valence-corrected chi connectivity index (χ0v) is 7.44. The number of nitrogens with two attached hydrogens (primary N) is 1. The molecular formula is C9H14NO3. The Bertz CT molecular complexity index is 160. The van der Waals surface area contributed by atoms with Crippen LogP contribution in [-0.2, 0) is 14.4 Å². The molecule has 0 rings (SSSR count). The van der Waals surface area contributed by atoms with Gasteiger partial charge in [-0.2, -0.15) is 0 Å². The van der Waals surface area contributed by atoms with E-state index in [1.807, 2.05) is 0 Å². The average Bonchev–Trinajstić information content (AvgIpc) is 2.14. The van der Waals surface area contributed by atoms with Gasteiger partial charge in [-0.3, -0.25) is 0 Å². The van der Waals surface area contributed by atoms with E-state index in [4.69, 9.17) is 5.73 Å². The molecule has 0 saturated heterocycles. The third-order valence-electron chi connectivity index (χ3n) is 1.93. The minimum Gasteiger partial charge on any atom is -0.330 e. The lowest BCUT2D eigenvalue weighted by Crippen LogP contribution is -2.23. The van der Waals surface area contributed by atoms with Crippen molar-refractivity contribution in [2.75, 3.05) is 6.54 Å². The maximum Gasteiger partial charge on any atom is 0.120 e. The number of rotatable bonds is 8. The number of carbonyl (C=O) groups excluding carboxylic acids is 3. The van der Waals surface area contributed by atoms with E-state index in [1.165, 1.54) is 0 Å². The van der Waals surface area contributed by atoms with Crippen LogP contribution >= 0.6 is 0 Å². The summed E-state index contributed by atoms with van der Waals surface area (Å²) in [5.74, 6) is 0.618. The third kappa shape index (κ3) is 4.52. The van der Waals surface area contributed by atoms with Crippen molar-refractivity contribution in [3.8, 4) is 0 Å². The highest BCUT2D eigenvalue weighted by atomic mass is 16.1. The number of hydrogen-bond acceptors (Lipinski definition) is 4. The van der Waals surface area contributed by atoms with Crippen LogP contribution in [0.15, 0.2) is 0 Å². The molecule has 0 aliphatic heterocycles. The average molecular weight is 184 g/mol. The summed E-state index contributed by atoms with van der Waals surface area (Å²) in [5, 5.41) is 0. The standard InChI is InChI=1S/C9H14NO3/c10-7-9(3-6-13)8(1-4-11)2-5-12/h4-6,9H,1-3,7,10H2. The molecule has 0 aromatic heterocycles. The Labute approximate surface area is 77.5 Å². The molecule has 1 unspecified atom stereocenters. The molecule has 0 aromatic rings. The van der Waals surface area contributed by atoms with Gasteiger partial charge in [-0.05, 0) is 18.4 Å². The van der Waals surface area contributed by atoms with E-state index in [0.29, 0.717) is 6.54 Å². The first-order valence-electron chi connectivity index (χ1n) is 4.15. The van der Waals surface area contributed by atoms with Gasteiger partial charge in [0.1, 0.15) is 18.9 Å². The SMILES string of the molecule is NCC(CC=O)[C](CC=O)CC=O. The molecular weight excluding hydrogens is 170 g/mol. The molecule has 0 aromatic carbocycles. The summed E-state index contributed by atoms with van der Waals surface area (Å²) >= 11 is 0. The van der Waals surface area contributed by atoms with Crippen molar-refractivity contribution in [2.24, 2.45) is 11.7 Å². The first-order chi connectivity index (χ1) is 6.29. The molecule has 13 heavy (non-hydrogen) atoms. The Kier molecular flexibility index (Phi) is 7.01. The summed E-state index contributed by atoms with van der Waals surface area (Å²) in [4.78, 5) is 30.7. The van der Waals surface area contributed by atoms with Gasteiger partial charge in [0.2, 0.25) is 0 Å². The van der Waals surface area contributed by atoms with E-state index < -0.39 is 0 Å². The van der Waals surface area contributed by atoms with Gasteiger partial charge < -0.3 is 20.1 Å². The molecule has 0 saturated carbocycles. The van der Waals surface area contributed by atoms with Gasteiger partial charge in [0, 0.05) is 19.3 Å². The van der Waals surface area contributed by atoms with Gasteiger partial charge in [-0.25, -0.2) is 0 Å². The second-order valence-corrected chi connectivity index (χ2v) is 2.73. The van der Waals surface area contributed by atoms with E-state index in [2.05, 4.69) is 0 Å². The Morgan fingerprint density at radius 3 is 1.92 bits per heavy atom. The third-order valence-corrected chi connectivity index (χ3v) is 1.93. The molecule has 0 amide bonds. The van der Waals surface area contributed by atoms with Crippen molar-refractivity contribution in [1.82, 2.24) is 0 Å². The van der Waals surface area contributed by atoms with Gasteiger partial charge in [0.05, 0.1) is 0 Å². The van der Waals surface area contributed by atoms with Crippen molar-refractivity contribution >= 4 is 18.9 Å². The van der Waals surface area contributed by atoms with Crippen LogP contribution in [-0.4, -0.2) is 25.4 Å². The van der Waals surface area contributed by atoms with E-state index >= 15 is 0 Å². The Morgan fingerprint density at radius 1 is 1.08 bits per heavy atom. The maximum atomic E-state index is 10.2. The second kappa shape index (κ2) is 7.61. The lowest BCUT2D eigenvalue weighted by Gasteiger charge is -2.19. The van der Waals surface area contributed by atoms with Crippen LogP contribution in [0, 0.1) is 11.8 Å². The molecule has 0 aliphatic rings. The van der Waals surface area contributed by atoms with E-state index in [9.17, 15) is 14.4 Å². The Balaban J connectivity index is 4.17. The van der Waals surface area contributed by atoms with Crippen LogP contribution in [0.25, 0.3) is 0 Å². The first kappa shape index (κ1) is 12.0. The van der Waals surface area contributed by atoms with Crippen LogP contribution in [0.3, 0.4) is 0 Å². The van der Waals surface area contributed by atoms with Crippen molar-refractivity contribution in [3.63, 3.8) is 0 Å². The summed E-state index contributed by atoms with van der Waals surface area (Å²) in [5.41, 5.74) is 5.41. The Morgan fingerprint density at radius 2 is 1.62 bits per heavy atom. The maximum absolute atomic E-state index is 10.2. The van der Waals surface area contributed by atoms with Crippen molar-refractivity contribution in [2.45, 2.75) is 19.3 Å². The summed E-state index contributed by atoms with van der Waals surface area (Å²) in [7, 11) is 0. The number of aldehydes is 3. The molecule has 0 bridgehead atoms. The Hall–Kier alpha value is -1.03. The summed E-state index contributed by atoms with van der Waals surface area (Å²) in [6.45, 7) is 0.301. The second-order valence-electron chi connectivity index (χ2n) is 2.73. The van der Waals surface area contributed by atoms with Gasteiger partial charge in [0.25, 0.3) is 0 Å². The summed E-state index contributed by atoms with van der Waals surface area (Å²) < 4.78 is 0. The molecule has 1 radical (unpaired) electrons. The van der Waals surface area contributed by atoms with Gasteiger partial charge in [0.15, 0.2) is 0 Å². The molecule has 4 heteroatoms. The van der Waals surface area contributed by atoms with Crippen molar-refractivity contribution < 1.29 is 14.4 Å². The lowest BCUT2D eigenvalue weighted by atomic mass is 9.86. The summed E-state index contributed by atoms with van der Waals surface area (Å²) in [6.07, 6.45) is 2.93. The van der Waals surface area contributed by atoms with Gasteiger partial charge in [-0.15, -0.1) is 0 Å².